The standard InChI is InChI=1S/C17H20N2O3S/c1-4-22-16(21)15-12(3)18-17(23-15)19-14(20)10-9-13-7-5-11(2)6-8-13/h5-8H,4,9-10H2,1-3H3,(H,18,19,20). The SMILES string of the molecule is CCOC(=O)c1sc(NC(=O)CCc2ccc(C)cc2)nc1C. The van der Waals surface area contributed by atoms with E-state index in [0.717, 1.165) is 16.9 Å². The molecular weight excluding hydrogens is 312 g/mol. The lowest BCUT2D eigenvalue weighted by Crippen LogP contribution is -2.12. The molecule has 1 heterocycles. The molecule has 122 valence electrons. The van der Waals surface area contributed by atoms with Crippen molar-refractivity contribution in [1.82, 2.24) is 4.98 Å². The molecule has 0 aliphatic rings. The third kappa shape index (κ3) is 4.89. The number of nitrogens with one attached hydrogen (secondary N) is 1. The number of ether oxygens (including phenoxy) is 1. The molecule has 2 rings (SSSR count). The van der Waals surface area contributed by atoms with E-state index in [4.69, 9.17) is 4.74 Å². The highest BCUT2D eigenvalue weighted by molar-refractivity contribution is 7.17. The molecule has 0 atom stereocenters. The zero-order valence-electron chi connectivity index (χ0n) is 13.5. The predicted octanol–water partition coefficient (Wildman–Crippen LogP) is 3.51. The van der Waals surface area contributed by atoms with Gasteiger partial charge in [-0.15, -0.1) is 0 Å². The van der Waals surface area contributed by atoms with Gasteiger partial charge < -0.3 is 10.1 Å². The van der Waals surface area contributed by atoms with Gasteiger partial charge in [-0.05, 0) is 32.8 Å². The van der Waals surface area contributed by atoms with Crippen LogP contribution in [0.4, 0.5) is 5.13 Å². The van der Waals surface area contributed by atoms with Crippen LogP contribution < -0.4 is 5.32 Å². The van der Waals surface area contributed by atoms with Crippen molar-refractivity contribution in [2.24, 2.45) is 0 Å². The molecule has 0 bridgehead atoms. The Bertz CT molecular complexity index is 692. The maximum atomic E-state index is 12.0. The van der Waals surface area contributed by atoms with Crippen LogP contribution in [-0.2, 0) is 16.0 Å². The van der Waals surface area contributed by atoms with Gasteiger partial charge in [0.1, 0.15) is 4.88 Å². The van der Waals surface area contributed by atoms with E-state index in [1.807, 2.05) is 31.2 Å². The average Bonchev–Trinajstić information content (AvgIpc) is 2.87. The molecule has 0 radical (unpaired) electrons. The van der Waals surface area contributed by atoms with Gasteiger partial charge in [-0.1, -0.05) is 41.2 Å². The van der Waals surface area contributed by atoms with Gasteiger partial charge >= 0.3 is 5.97 Å². The molecule has 1 N–H and O–H groups in total. The fourth-order valence-electron chi connectivity index (χ4n) is 2.03. The van der Waals surface area contributed by atoms with E-state index < -0.39 is 5.97 Å². The minimum Gasteiger partial charge on any atom is -0.462 e. The number of amides is 1. The summed E-state index contributed by atoms with van der Waals surface area (Å²) in [4.78, 5) is 28.4. The number of rotatable bonds is 6. The highest BCUT2D eigenvalue weighted by Gasteiger charge is 2.17. The molecule has 0 unspecified atom stereocenters. The molecular formula is C17H20N2O3S. The number of thiazole rings is 1. The highest BCUT2D eigenvalue weighted by atomic mass is 32.1. The minimum absolute atomic E-state index is 0.116. The van der Waals surface area contributed by atoms with Gasteiger partial charge in [-0.25, -0.2) is 9.78 Å². The van der Waals surface area contributed by atoms with E-state index in [9.17, 15) is 9.59 Å². The van der Waals surface area contributed by atoms with Crippen molar-refractivity contribution in [3.8, 4) is 0 Å². The Labute approximate surface area is 139 Å². The number of aromatic nitrogens is 1. The zero-order chi connectivity index (χ0) is 16.8. The van der Waals surface area contributed by atoms with Crippen molar-refractivity contribution in [1.29, 1.82) is 0 Å². The van der Waals surface area contributed by atoms with Gasteiger partial charge in [-0.2, -0.15) is 0 Å². The average molecular weight is 332 g/mol. The summed E-state index contributed by atoms with van der Waals surface area (Å²) in [5.41, 5.74) is 2.89. The van der Waals surface area contributed by atoms with Crippen LogP contribution in [0.2, 0.25) is 0 Å². The van der Waals surface area contributed by atoms with Crippen LogP contribution in [0, 0.1) is 13.8 Å². The summed E-state index contributed by atoms with van der Waals surface area (Å²) in [6, 6.07) is 8.11. The summed E-state index contributed by atoms with van der Waals surface area (Å²) < 4.78 is 4.96. The fourth-order valence-corrected chi connectivity index (χ4v) is 2.91. The summed E-state index contributed by atoms with van der Waals surface area (Å²) >= 11 is 1.14. The van der Waals surface area contributed by atoms with E-state index in [-0.39, 0.29) is 5.91 Å². The quantitative estimate of drug-likeness (QED) is 0.822. The van der Waals surface area contributed by atoms with Crippen LogP contribution in [0.1, 0.15) is 39.8 Å². The van der Waals surface area contributed by atoms with Crippen LogP contribution in [0.5, 0.6) is 0 Å². The first kappa shape index (κ1) is 17.1. The Morgan fingerprint density at radius 2 is 1.91 bits per heavy atom. The Kier molecular flexibility index (Phi) is 5.87. The molecule has 0 aliphatic carbocycles. The molecule has 0 saturated heterocycles. The van der Waals surface area contributed by atoms with Gasteiger partial charge in [-0.3, -0.25) is 4.79 Å². The number of anilines is 1. The Hall–Kier alpha value is -2.21. The van der Waals surface area contributed by atoms with Crippen LogP contribution in [0.15, 0.2) is 24.3 Å². The van der Waals surface area contributed by atoms with E-state index in [1.54, 1.807) is 13.8 Å². The van der Waals surface area contributed by atoms with Gasteiger partial charge in [0.15, 0.2) is 5.13 Å². The van der Waals surface area contributed by atoms with Crippen LogP contribution in [0.3, 0.4) is 0 Å². The van der Waals surface area contributed by atoms with Crippen LogP contribution in [-0.4, -0.2) is 23.5 Å². The highest BCUT2D eigenvalue weighted by Crippen LogP contribution is 2.23. The molecule has 1 aromatic heterocycles. The lowest BCUT2D eigenvalue weighted by Gasteiger charge is -2.02. The number of esters is 1. The molecule has 23 heavy (non-hydrogen) atoms. The fraction of sp³-hybridized carbons (Fsp3) is 0.353. The van der Waals surface area contributed by atoms with Gasteiger partial charge in [0.25, 0.3) is 0 Å². The third-order valence-electron chi connectivity index (χ3n) is 3.27. The maximum Gasteiger partial charge on any atom is 0.350 e. The summed E-state index contributed by atoms with van der Waals surface area (Å²) in [5, 5.41) is 3.17. The van der Waals surface area contributed by atoms with Crippen molar-refractivity contribution in [3.05, 3.63) is 46.0 Å². The molecule has 1 amide bonds. The lowest BCUT2D eigenvalue weighted by molar-refractivity contribution is -0.116. The smallest absolute Gasteiger partial charge is 0.350 e. The summed E-state index contributed by atoms with van der Waals surface area (Å²) in [5.74, 6) is -0.516. The summed E-state index contributed by atoms with van der Waals surface area (Å²) in [7, 11) is 0. The van der Waals surface area contributed by atoms with Crippen molar-refractivity contribution in [2.75, 3.05) is 11.9 Å². The first-order valence-electron chi connectivity index (χ1n) is 7.49. The van der Waals surface area contributed by atoms with Crippen molar-refractivity contribution in [2.45, 2.75) is 33.6 Å². The zero-order valence-corrected chi connectivity index (χ0v) is 14.3. The first-order chi connectivity index (χ1) is 11.0. The Balaban J connectivity index is 1.91. The number of carbonyl (C=O) groups excluding carboxylic acids is 2. The van der Waals surface area contributed by atoms with E-state index in [0.29, 0.717) is 35.2 Å². The third-order valence-corrected chi connectivity index (χ3v) is 4.32. The monoisotopic (exact) mass is 332 g/mol. The van der Waals surface area contributed by atoms with Crippen LogP contribution in [0.25, 0.3) is 0 Å². The molecule has 6 heteroatoms. The summed E-state index contributed by atoms with van der Waals surface area (Å²) in [6.45, 7) is 5.82. The second-order valence-electron chi connectivity index (χ2n) is 5.19. The molecule has 5 nitrogen and oxygen atoms in total. The van der Waals surface area contributed by atoms with E-state index in [2.05, 4.69) is 10.3 Å². The number of nitrogens with zero attached hydrogens (tertiary/aromatic N) is 1. The number of hydrogen-bond acceptors (Lipinski definition) is 5. The molecule has 0 spiro atoms. The van der Waals surface area contributed by atoms with Gasteiger partial charge in [0, 0.05) is 6.42 Å². The second-order valence-corrected chi connectivity index (χ2v) is 6.19. The number of hydrogen-bond donors (Lipinski definition) is 1. The Morgan fingerprint density at radius 1 is 1.22 bits per heavy atom. The van der Waals surface area contributed by atoms with Crippen molar-refractivity contribution >= 4 is 28.3 Å². The number of benzene rings is 1. The number of carbonyl (C=O) groups is 2. The van der Waals surface area contributed by atoms with E-state index in [1.165, 1.54) is 5.56 Å². The molecule has 0 saturated carbocycles. The van der Waals surface area contributed by atoms with E-state index >= 15 is 0 Å². The largest absolute Gasteiger partial charge is 0.462 e. The minimum atomic E-state index is -0.400. The van der Waals surface area contributed by atoms with Crippen molar-refractivity contribution < 1.29 is 14.3 Å². The lowest BCUT2D eigenvalue weighted by atomic mass is 10.1. The number of aryl methyl sites for hydroxylation is 3. The topological polar surface area (TPSA) is 68.3 Å². The maximum absolute atomic E-state index is 12.0. The molecule has 0 aliphatic heterocycles. The van der Waals surface area contributed by atoms with Crippen LogP contribution >= 0.6 is 11.3 Å². The Morgan fingerprint density at radius 3 is 2.57 bits per heavy atom. The predicted molar refractivity (Wildman–Crippen MR) is 90.9 cm³/mol. The normalized spacial score (nSPS) is 10.4. The van der Waals surface area contributed by atoms with Gasteiger partial charge in [0.2, 0.25) is 5.91 Å². The van der Waals surface area contributed by atoms with Crippen molar-refractivity contribution in [3.63, 3.8) is 0 Å². The van der Waals surface area contributed by atoms with Gasteiger partial charge in [0.05, 0.1) is 12.3 Å². The molecule has 2 aromatic rings. The molecule has 1 aromatic carbocycles. The second kappa shape index (κ2) is 7.87. The first-order valence-corrected chi connectivity index (χ1v) is 8.31. The molecule has 0 fully saturated rings. The summed E-state index contributed by atoms with van der Waals surface area (Å²) in [6.07, 6.45) is 1.04.